The van der Waals surface area contributed by atoms with E-state index in [4.69, 9.17) is 0 Å². The fraction of sp³-hybridized carbons (Fsp3) is 0.538. The first kappa shape index (κ1) is 13.3. The summed E-state index contributed by atoms with van der Waals surface area (Å²) in [6, 6.07) is 5.08. The first-order valence-corrected chi connectivity index (χ1v) is 7.14. The van der Waals surface area contributed by atoms with Gasteiger partial charge in [-0.3, -0.25) is 10.1 Å². The molecule has 0 aromatic heterocycles. The molecular weight excluding hydrogens is 296 g/mol. The Kier molecular flexibility index (Phi) is 4.58. The van der Waals surface area contributed by atoms with Crippen molar-refractivity contribution in [1.82, 2.24) is 0 Å². The Balaban J connectivity index is 1.93. The van der Waals surface area contributed by atoms with Crippen LogP contribution in [0.4, 0.5) is 11.4 Å². The molecule has 0 saturated heterocycles. The van der Waals surface area contributed by atoms with Crippen LogP contribution in [0, 0.1) is 16.0 Å². The molecule has 18 heavy (non-hydrogen) atoms. The predicted octanol–water partition coefficient (Wildman–Crippen LogP) is 4.35. The minimum Gasteiger partial charge on any atom is -0.385 e. The Morgan fingerprint density at radius 2 is 2.06 bits per heavy atom. The first-order valence-electron chi connectivity index (χ1n) is 6.34. The lowest BCUT2D eigenvalue weighted by molar-refractivity contribution is -0.385. The highest BCUT2D eigenvalue weighted by molar-refractivity contribution is 9.10. The molecule has 0 heterocycles. The summed E-state index contributed by atoms with van der Waals surface area (Å²) in [5.74, 6) is 0.743. The zero-order chi connectivity index (χ0) is 13.0. The van der Waals surface area contributed by atoms with E-state index in [-0.39, 0.29) is 10.6 Å². The van der Waals surface area contributed by atoms with Crippen LogP contribution in [0.3, 0.4) is 0 Å². The van der Waals surface area contributed by atoms with E-state index in [1.807, 2.05) is 0 Å². The smallest absolute Gasteiger partial charge is 0.283 e. The number of nitrogens with one attached hydrogen (secondary N) is 1. The zero-order valence-electron chi connectivity index (χ0n) is 10.2. The lowest BCUT2D eigenvalue weighted by Gasteiger charge is -2.22. The number of nitro groups is 1. The van der Waals surface area contributed by atoms with Crippen molar-refractivity contribution in [3.8, 4) is 0 Å². The number of benzene rings is 1. The number of anilines is 1. The van der Waals surface area contributed by atoms with Crippen LogP contribution < -0.4 is 5.32 Å². The Labute approximate surface area is 115 Å². The molecule has 0 unspecified atom stereocenters. The highest BCUT2D eigenvalue weighted by Crippen LogP contribution is 2.29. The number of rotatable bonds is 4. The molecule has 0 radical (unpaired) electrons. The minimum absolute atomic E-state index is 0.109. The van der Waals surface area contributed by atoms with Gasteiger partial charge in [-0.2, -0.15) is 0 Å². The minimum atomic E-state index is -0.380. The van der Waals surface area contributed by atoms with Gasteiger partial charge in [-0.1, -0.05) is 19.3 Å². The largest absolute Gasteiger partial charge is 0.385 e. The molecule has 1 aliphatic carbocycles. The molecule has 0 atom stereocenters. The lowest BCUT2D eigenvalue weighted by Crippen LogP contribution is -2.17. The van der Waals surface area contributed by atoms with Gasteiger partial charge in [0.25, 0.3) is 5.69 Å². The van der Waals surface area contributed by atoms with E-state index in [2.05, 4.69) is 21.2 Å². The maximum Gasteiger partial charge on any atom is 0.283 e. The molecule has 0 bridgehead atoms. The van der Waals surface area contributed by atoms with E-state index < -0.39 is 0 Å². The topological polar surface area (TPSA) is 55.2 Å². The number of hydrogen-bond donors (Lipinski definition) is 1. The van der Waals surface area contributed by atoms with Crippen molar-refractivity contribution in [2.45, 2.75) is 32.1 Å². The van der Waals surface area contributed by atoms with E-state index >= 15 is 0 Å². The summed E-state index contributed by atoms with van der Waals surface area (Å²) in [6.07, 6.45) is 6.61. The summed E-state index contributed by atoms with van der Waals surface area (Å²) < 4.78 is 0.529. The summed E-state index contributed by atoms with van der Waals surface area (Å²) in [6.45, 7) is 0.963. The van der Waals surface area contributed by atoms with Crippen LogP contribution in [-0.4, -0.2) is 11.5 Å². The Hall–Kier alpha value is -1.10. The van der Waals surface area contributed by atoms with E-state index in [0.717, 1.165) is 18.2 Å². The number of halogens is 1. The standard InChI is InChI=1S/C13H17BrN2O2/c14-12-8-11(6-7-13(12)16(17)18)15-9-10-4-2-1-3-5-10/h6-8,10,15H,1-5,9H2. The molecule has 1 fully saturated rings. The van der Waals surface area contributed by atoms with Crippen molar-refractivity contribution in [3.63, 3.8) is 0 Å². The van der Waals surface area contributed by atoms with Crippen LogP contribution in [-0.2, 0) is 0 Å². The second-order valence-corrected chi connectivity index (χ2v) is 5.66. The van der Waals surface area contributed by atoms with Crippen LogP contribution in [0.25, 0.3) is 0 Å². The third kappa shape index (κ3) is 3.45. The molecule has 2 rings (SSSR count). The quantitative estimate of drug-likeness (QED) is 0.664. The fourth-order valence-corrected chi connectivity index (χ4v) is 2.94. The van der Waals surface area contributed by atoms with Crippen molar-refractivity contribution in [1.29, 1.82) is 0 Å². The van der Waals surface area contributed by atoms with Crippen molar-refractivity contribution < 1.29 is 4.92 Å². The molecule has 5 heteroatoms. The van der Waals surface area contributed by atoms with Crippen molar-refractivity contribution in [3.05, 3.63) is 32.8 Å². The van der Waals surface area contributed by atoms with Crippen LogP contribution in [0.5, 0.6) is 0 Å². The van der Waals surface area contributed by atoms with Gasteiger partial charge in [0.2, 0.25) is 0 Å². The Morgan fingerprint density at radius 3 is 2.67 bits per heavy atom. The SMILES string of the molecule is O=[N+]([O-])c1ccc(NCC2CCCCC2)cc1Br. The van der Waals surface area contributed by atoms with Crippen LogP contribution in [0.15, 0.2) is 22.7 Å². The number of nitrogens with zero attached hydrogens (tertiary/aromatic N) is 1. The van der Waals surface area contributed by atoms with Crippen LogP contribution in [0.2, 0.25) is 0 Å². The average Bonchev–Trinajstić information content (AvgIpc) is 2.37. The molecule has 1 aliphatic rings. The molecule has 0 spiro atoms. The van der Waals surface area contributed by atoms with Crippen molar-refractivity contribution >= 4 is 27.3 Å². The zero-order valence-corrected chi connectivity index (χ0v) is 11.8. The van der Waals surface area contributed by atoms with Gasteiger partial charge in [0, 0.05) is 18.3 Å². The average molecular weight is 313 g/mol. The molecule has 1 N–H and O–H groups in total. The van der Waals surface area contributed by atoms with Crippen LogP contribution in [0.1, 0.15) is 32.1 Å². The van der Waals surface area contributed by atoms with Gasteiger partial charge in [-0.15, -0.1) is 0 Å². The molecule has 0 amide bonds. The van der Waals surface area contributed by atoms with Crippen molar-refractivity contribution in [2.75, 3.05) is 11.9 Å². The van der Waals surface area contributed by atoms with E-state index in [1.54, 1.807) is 12.1 Å². The van der Waals surface area contributed by atoms with Crippen LogP contribution >= 0.6 is 15.9 Å². The fourth-order valence-electron chi connectivity index (χ4n) is 2.42. The van der Waals surface area contributed by atoms with Gasteiger partial charge in [0.1, 0.15) is 0 Å². The Bertz CT molecular complexity index is 431. The van der Waals surface area contributed by atoms with E-state index in [1.165, 1.54) is 38.2 Å². The molecule has 1 saturated carbocycles. The Morgan fingerprint density at radius 1 is 1.33 bits per heavy atom. The molecule has 4 nitrogen and oxygen atoms in total. The second-order valence-electron chi connectivity index (χ2n) is 4.81. The number of hydrogen-bond acceptors (Lipinski definition) is 3. The highest BCUT2D eigenvalue weighted by Gasteiger charge is 2.14. The molecule has 1 aromatic carbocycles. The monoisotopic (exact) mass is 312 g/mol. The molecular formula is C13H17BrN2O2. The summed E-state index contributed by atoms with van der Waals surface area (Å²) in [4.78, 5) is 10.3. The van der Waals surface area contributed by atoms with Gasteiger partial charge in [0.15, 0.2) is 0 Å². The maximum atomic E-state index is 10.7. The molecule has 98 valence electrons. The van der Waals surface area contributed by atoms with Gasteiger partial charge in [-0.05, 0) is 46.8 Å². The van der Waals surface area contributed by atoms with Gasteiger partial charge >= 0.3 is 0 Å². The highest BCUT2D eigenvalue weighted by atomic mass is 79.9. The second kappa shape index (κ2) is 6.18. The summed E-state index contributed by atoms with van der Waals surface area (Å²) in [5, 5.41) is 14.1. The number of nitro benzene ring substituents is 1. The van der Waals surface area contributed by atoms with Gasteiger partial charge in [-0.25, -0.2) is 0 Å². The normalized spacial score (nSPS) is 16.5. The summed E-state index contributed by atoms with van der Waals surface area (Å²) >= 11 is 3.23. The predicted molar refractivity (Wildman–Crippen MR) is 75.9 cm³/mol. The molecule has 1 aromatic rings. The van der Waals surface area contributed by atoms with Gasteiger partial charge < -0.3 is 5.32 Å². The van der Waals surface area contributed by atoms with Gasteiger partial charge in [0.05, 0.1) is 9.40 Å². The van der Waals surface area contributed by atoms with E-state index in [0.29, 0.717) is 4.47 Å². The van der Waals surface area contributed by atoms with Crippen molar-refractivity contribution in [2.24, 2.45) is 5.92 Å². The third-order valence-electron chi connectivity index (χ3n) is 3.46. The first-order chi connectivity index (χ1) is 8.66. The maximum absolute atomic E-state index is 10.7. The van der Waals surface area contributed by atoms with E-state index in [9.17, 15) is 10.1 Å². The summed E-state index contributed by atoms with van der Waals surface area (Å²) in [5.41, 5.74) is 1.05. The molecule has 0 aliphatic heterocycles. The lowest BCUT2D eigenvalue weighted by atomic mass is 9.89. The third-order valence-corrected chi connectivity index (χ3v) is 4.10. The summed E-state index contributed by atoms with van der Waals surface area (Å²) in [7, 11) is 0.